The Hall–Kier alpha value is -1.57. The maximum atomic E-state index is 11.5. The summed E-state index contributed by atoms with van der Waals surface area (Å²) in [6.45, 7) is 6.45. The van der Waals surface area contributed by atoms with Crippen molar-refractivity contribution < 1.29 is 15.0 Å². The molecule has 2 saturated carbocycles. The molecule has 1 amide bonds. The van der Waals surface area contributed by atoms with E-state index in [9.17, 15) is 15.0 Å². The highest BCUT2D eigenvalue weighted by atomic mass is 16.3. The summed E-state index contributed by atoms with van der Waals surface area (Å²) in [5.41, 5.74) is 1.48. The van der Waals surface area contributed by atoms with Gasteiger partial charge in [-0.2, -0.15) is 0 Å². The number of hydrogen-bond donors (Lipinski definition) is 3. The third-order valence-corrected chi connectivity index (χ3v) is 6.24. The number of allylic oxidation sites excluding steroid dienone is 2. The summed E-state index contributed by atoms with van der Waals surface area (Å²) in [6, 6.07) is 0. The Balaban J connectivity index is 1.85. The van der Waals surface area contributed by atoms with Crippen molar-refractivity contribution in [2.75, 3.05) is 6.54 Å². The average Bonchev–Trinajstić information content (AvgIpc) is 3.18. The van der Waals surface area contributed by atoms with Crippen molar-refractivity contribution in [2.45, 2.75) is 77.9 Å². The van der Waals surface area contributed by atoms with E-state index >= 15 is 0 Å². The first-order valence-corrected chi connectivity index (χ1v) is 10.8. The molecule has 2 fully saturated rings. The smallest absolute Gasteiger partial charge is 0.219 e. The zero-order chi connectivity index (χ0) is 20.5. The van der Waals surface area contributed by atoms with Crippen molar-refractivity contribution >= 4 is 5.91 Å². The monoisotopic (exact) mass is 387 g/mol. The average molecular weight is 388 g/mol. The number of unbranched alkanes of at least 4 members (excludes halogenated alkanes) is 1. The van der Waals surface area contributed by atoms with Crippen LogP contribution in [0.4, 0.5) is 0 Å². The van der Waals surface area contributed by atoms with Gasteiger partial charge in [-0.25, -0.2) is 0 Å². The van der Waals surface area contributed by atoms with Gasteiger partial charge in [-0.1, -0.05) is 30.7 Å². The SMILES string of the molecule is CC#CC[C@H](C)[C@H](O)/C=C/[C@@H]1[C@H]2C/C(=C/CCCC(=O)NCC)C[C@H]2C[C@H]1O. The molecule has 4 heteroatoms. The molecule has 4 nitrogen and oxygen atoms in total. The summed E-state index contributed by atoms with van der Waals surface area (Å²) in [6.07, 6.45) is 11.5. The minimum absolute atomic E-state index is 0.0991. The highest BCUT2D eigenvalue weighted by Gasteiger charge is 2.44. The maximum absolute atomic E-state index is 11.5. The number of hydrogen-bond acceptors (Lipinski definition) is 3. The van der Waals surface area contributed by atoms with Gasteiger partial charge >= 0.3 is 0 Å². The zero-order valence-electron chi connectivity index (χ0n) is 17.7. The van der Waals surface area contributed by atoms with Crippen molar-refractivity contribution in [1.82, 2.24) is 5.32 Å². The summed E-state index contributed by atoms with van der Waals surface area (Å²) in [5, 5.41) is 23.6. The lowest BCUT2D eigenvalue weighted by Crippen LogP contribution is -2.21. The highest BCUT2D eigenvalue weighted by molar-refractivity contribution is 5.75. The van der Waals surface area contributed by atoms with E-state index in [0.717, 1.165) is 32.1 Å². The Bertz CT molecular complexity index is 627. The van der Waals surface area contributed by atoms with Gasteiger partial charge in [0.05, 0.1) is 12.2 Å². The van der Waals surface area contributed by atoms with Crippen LogP contribution in [0, 0.1) is 35.5 Å². The lowest BCUT2D eigenvalue weighted by atomic mass is 9.89. The topological polar surface area (TPSA) is 69.6 Å². The first kappa shape index (κ1) is 22.7. The van der Waals surface area contributed by atoms with Crippen LogP contribution in [0.2, 0.25) is 0 Å². The van der Waals surface area contributed by atoms with Crippen molar-refractivity contribution in [3.8, 4) is 11.8 Å². The third-order valence-electron chi connectivity index (χ3n) is 6.24. The molecule has 0 radical (unpaired) electrons. The number of aliphatic hydroxyl groups excluding tert-OH is 2. The van der Waals surface area contributed by atoms with E-state index in [1.54, 1.807) is 0 Å². The number of rotatable bonds is 9. The van der Waals surface area contributed by atoms with Gasteiger partial charge in [0.1, 0.15) is 0 Å². The minimum atomic E-state index is -0.516. The Morgan fingerprint density at radius 3 is 2.89 bits per heavy atom. The standard InChI is InChI=1S/C24H37NO3/c1-4-6-9-17(3)22(26)13-12-20-21-15-18(14-19(21)16-23(20)27)10-7-8-11-24(28)25-5-2/h10,12-13,17,19-23,26-27H,5,7-9,11,14-16H2,1-3H3,(H,25,28)/b13-12+,18-10+/t17-,19-,20+,21-,22+,23+/m0/s1. The molecule has 156 valence electrons. The van der Waals surface area contributed by atoms with Crippen molar-refractivity contribution in [2.24, 2.45) is 23.7 Å². The predicted molar refractivity (Wildman–Crippen MR) is 113 cm³/mol. The lowest BCUT2D eigenvalue weighted by Gasteiger charge is -2.19. The molecule has 0 aromatic carbocycles. The fourth-order valence-electron chi connectivity index (χ4n) is 4.61. The number of nitrogens with one attached hydrogen (secondary N) is 1. The Morgan fingerprint density at radius 2 is 2.18 bits per heavy atom. The summed E-state index contributed by atoms with van der Waals surface area (Å²) >= 11 is 0. The third kappa shape index (κ3) is 6.50. The van der Waals surface area contributed by atoms with Gasteiger partial charge in [-0.15, -0.1) is 11.8 Å². The number of amides is 1. The van der Waals surface area contributed by atoms with Crippen LogP contribution in [0.1, 0.15) is 65.7 Å². The van der Waals surface area contributed by atoms with E-state index in [1.807, 2.05) is 32.9 Å². The zero-order valence-corrected chi connectivity index (χ0v) is 17.7. The lowest BCUT2D eigenvalue weighted by molar-refractivity contribution is -0.121. The molecular formula is C24H37NO3. The molecular weight excluding hydrogens is 350 g/mol. The van der Waals surface area contributed by atoms with E-state index in [0.29, 0.717) is 31.2 Å². The maximum Gasteiger partial charge on any atom is 0.219 e. The minimum Gasteiger partial charge on any atom is -0.392 e. The van der Waals surface area contributed by atoms with E-state index in [-0.39, 0.29) is 23.8 Å². The molecule has 0 unspecified atom stereocenters. The number of carbonyl (C=O) groups is 1. The Kier molecular flexibility index (Phi) is 9.28. The predicted octanol–water partition coefficient (Wildman–Crippen LogP) is 3.59. The normalized spacial score (nSPS) is 30.1. The van der Waals surface area contributed by atoms with Gasteiger partial charge in [-0.05, 0) is 63.7 Å². The van der Waals surface area contributed by atoms with Gasteiger partial charge < -0.3 is 15.5 Å². The number of aliphatic hydroxyl groups is 2. The molecule has 2 rings (SSSR count). The van der Waals surface area contributed by atoms with Crippen molar-refractivity contribution in [3.05, 3.63) is 23.8 Å². The molecule has 3 N–H and O–H groups in total. The van der Waals surface area contributed by atoms with E-state index in [1.165, 1.54) is 5.57 Å². The quantitative estimate of drug-likeness (QED) is 0.322. The van der Waals surface area contributed by atoms with Gasteiger partial charge in [0.15, 0.2) is 0 Å². The molecule has 2 aliphatic rings. The fraction of sp³-hybridized carbons (Fsp3) is 0.708. The van der Waals surface area contributed by atoms with Crippen LogP contribution in [-0.4, -0.2) is 34.9 Å². The number of fused-ring (bicyclic) bond motifs is 1. The van der Waals surface area contributed by atoms with Gasteiger partial charge in [-0.3, -0.25) is 4.79 Å². The first-order chi connectivity index (χ1) is 13.5. The van der Waals surface area contributed by atoms with Crippen LogP contribution in [0.5, 0.6) is 0 Å². The van der Waals surface area contributed by atoms with Crippen LogP contribution in [-0.2, 0) is 4.79 Å². The second-order valence-corrected chi connectivity index (χ2v) is 8.40. The second-order valence-electron chi connectivity index (χ2n) is 8.40. The molecule has 0 aromatic heterocycles. The van der Waals surface area contributed by atoms with E-state index in [2.05, 4.69) is 23.2 Å². The first-order valence-electron chi connectivity index (χ1n) is 10.8. The summed E-state index contributed by atoms with van der Waals surface area (Å²) in [5.74, 6) is 7.27. The van der Waals surface area contributed by atoms with Gasteiger partial charge in [0.2, 0.25) is 5.91 Å². The molecule has 0 aromatic rings. The van der Waals surface area contributed by atoms with Crippen molar-refractivity contribution in [3.63, 3.8) is 0 Å². The largest absolute Gasteiger partial charge is 0.392 e. The summed E-state index contributed by atoms with van der Waals surface area (Å²) in [7, 11) is 0. The Morgan fingerprint density at radius 1 is 1.39 bits per heavy atom. The van der Waals surface area contributed by atoms with Gasteiger partial charge in [0.25, 0.3) is 0 Å². The molecule has 28 heavy (non-hydrogen) atoms. The molecule has 6 atom stereocenters. The molecule has 0 bridgehead atoms. The van der Waals surface area contributed by atoms with Crippen LogP contribution >= 0.6 is 0 Å². The van der Waals surface area contributed by atoms with Gasteiger partial charge in [0, 0.05) is 25.3 Å². The molecule has 0 aliphatic heterocycles. The Labute approximate surface area is 170 Å². The fourth-order valence-corrected chi connectivity index (χ4v) is 4.61. The summed E-state index contributed by atoms with van der Waals surface area (Å²) < 4.78 is 0. The van der Waals surface area contributed by atoms with E-state index < -0.39 is 6.10 Å². The highest BCUT2D eigenvalue weighted by Crippen LogP contribution is 2.50. The van der Waals surface area contributed by atoms with Crippen molar-refractivity contribution in [1.29, 1.82) is 0 Å². The molecule has 2 aliphatic carbocycles. The number of carbonyl (C=O) groups excluding carboxylic acids is 1. The van der Waals surface area contributed by atoms with Crippen LogP contribution in [0.25, 0.3) is 0 Å². The second kappa shape index (κ2) is 11.4. The molecule has 0 saturated heterocycles. The van der Waals surface area contributed by atoms with E-state index in [4.69, 9.17) is 0 Å². The molecule has 0 heterocycles. The van der Waals surface area contributed by atoms with Crippen LogP contribution in [0.15, 0.2) is 23.8 Å². The molecule has 0 spiro atoms. The van der Waals surface area contributed by atoms with Crippen LogP contribution in [0.3, 0.4) is 0 Å². The van der Waals surface area contributed by atoms with Crippen LogP contribution < -0.4 is 5.32 Å². The summed E-state index contributed by atoms with van der Waals surface area (Å²) in [4.78, 5) is 11.5.